The van der Waals surface area contributed by atoms with Crippen molar-refractivity contribution in [3.63, 3.8) is 0 Å². The number of benzene rings is 2. The molecule has 0 N–H and O–H groups in total. The molecule has 4 heterocycles. The topological polar surface area (TPSA) is 113 Å². The fourth-order valence-corrected chi connectivity index (χ4v) is 8.34. The number of rotatable bonds is 20. The minimum atomic E-state index is -1.34. The third-order valence-electron chi connectivity index (χ3n) is 12.6. The molecule has 4 atom stereocenters. The number of ether oxygens (including phenoxy) is 10. The van der Waals surface area contributed by atoms with Gasteiger partial charge in [-0.05, 0) is 183 Å². The van der Waals surface area contributed by atoms with Crippen molar-refractivity contribution in [3.05, 3.63) is 106 Å². The normalized spacial score (nSPS) is 23.5. The molecule has 4 aliphatic heterocycles. The van der Waals surface area contributed by atoms with Crippen molar-refractivity contribution in [2.45, 2.75) is 189 Å². The summed E-state index contributed by atoms with van der Waals surface area (Å²) in [5.74, 6) is 0.181. The van der Waals surface area contributed by atoms with E-state index in [0.717, 1.165) is 87.2 Å². The highest BCUT2D eigenvalue weighted by Gasteiger charge is 2.62. The van der Waals surface area contributed by atoms with Crippen LogP contribution in [-0.2, 0) is 46.1 Å². The molecule has 11 nitrogen and oxygen atoms in total. The van der Waals surface area contributed by atoms with Gasteiger partial charge >= 0.3 is 0 Å². The molecule has 4 fully saturated rings. The molecule has 69 heavy (non-hydrogen) atoms. The standard InChI is InChI=1S/C23H34O3.C23H34O2.C12H18O6/c1-17(8-7-9-18(2)11-13-22-23(3,4)26-22)10-12-19-14-20(24-5)16-21(15-19)25-6;1-18(2)9-7-10-19(3)11-8-12-20(4)13-14-21-15-22(24-5)17-23(16-21)25-6;1-10(2)15-6-12(18-10)9(13)8-7(5-14-12)16-11(3,4)17-8/h9-10,14-16,22H,7-8,11-13H2,1-6H3;9,11,13,15-17H,7-8,10,12,14H2,1-6H3;7-8H,5-6H2,1-4H3/b17-10+,18-9+;19-11+,20-13+;/t22-;;7-,8-,12+/m0.0/s1. The number of Topliss-reactive ketones (excluding diaryl/α,β-unsaturated/α-hetero) is 1. The number of hydrogen-bond donors (Lipinski definition) is 0. The molecule has 0 radical (unpaired) electrons. The highest BCUT2D eigenvalue weighted by atomic mass is 16.8. The summed E-state index contributed by atoms with van der Waals surface area (Å²) in [6.07, 6.45) is 21.9. The molecule has 11 heteroatoms. The van der Waals surface area contributed by atoms with Crippen molar-refractivity contribution < 1.29 is 52.2 Å². The lowest BCUT2D eigenvalue weighted by atomic mass is 9.99. The summed E-state index contributed by atoms with van der Waals surface area (Å²) in [7, 11) is 6.74. The number of methoxy groups -OCH3 is 4. The Hall–Kier alpha value is -4.23. The van der Waals surface area contributed by atoms with E-state index in [-0.39, 0.29) is 30.7 Å². The van der Waals surface area contributed by atoms with Gasteiger partial charge in [0.1, 0.15) is 35.7 Å². The van der Waals surface area contributed by atoms with Crippen molar-refractivity contribution in [3.8, 4) is 23.0 Å². The molecule has 1 spiro atoms. The van der Waals surface area contributed by atoms with Gasteiger partial charge in [-0.25, -0.2) is 0 Å². The van der Waals surface area contributed by atoms with Crippen LogP contribution >= 0.6 is 0 Å². The van der Waals surface area contributed by atoms with E-state index in [1.54, 1.807) is 56.1 Å². The number of epoxide rings is 1. The predicted octanol–water partition coefficient (Wildman–Crippen LogP) is 13.1. The van der Waals surface area contributed by atoms with Gasteiger partial charge in [-0.1, -0.05) is 58.2 Å². The number of allylic oxidation sites excluding steroid dienone is 10. The van der Waals surface area contributed by atoms with Crippen LogP contribution in [0.25, 0.3) is 0 Å². The second-order valence-corrected chi connectivity index (χ2v) is 20.5. The highest BCUT2D eigenvalue weighted by Crippen LogP contribution is 2.42. The molecule has 6 rings (SSSR count). The molecule has 0 amide bonds. The average molecular weight is 959 g/mol. The van der Waals surface area contributed by atoms with Crippen LogP contribution in [0, 0.1) is 0 Å². The summed E-state index contributed by atoms with van der Waals surface area (Å²) < 4.78 is 54.9. The second-order valence-electron chi connectivity index (χ2n) is 20.5. The van der Waals surface area contributed by atoms with Gasteiger partial charge in [-0.3, -0.25) is 4.79 Å². The van der Waals surface area contributed by atoms with Gasteiger partial charge < -0.3 is 47.4 Å². The lowest BCUT2D eigenvalue weighted by Crippen LogP contribution is -2.58. The molecule has 0 aromatic heterocycles. The Morgan fingerprint density at radius 3 is 1.41 bits per heavy atom. The van der Waals surface area contributed by atoms with Crippen LogP contribution < -0.4 is 18.9 Å². The number of carbonyl (C=O) groups excluding carboxylic acids is 1. The third-order valence-corrected chi connectivity index (χ3v) is 12.6. The number of fused-ring (bicyclic) bond motifs is 1. The maximum absolute atomic E-state index is 12.5. The van der Waals surface area contributed by atoms with E-state index in [1.165, 1.54) is 39.0 Å². The summed E-state index contributed by atoms with van der Waals surface area (Å²) >= 11 is 0. The zero-order valence-electron chi connectivity index (χ0n) is 45.1. The molecule has 0 saturated carbocycles. The molecule has 0 bridgehead atoms. The first kappa shape index (κ1) is 57.3. The van der Waals surface area contributed by atoms with Crippen LogP contribution in [0.4, 0.5) is 0 Å². The maximum atomic E-state index is 12.5. The summed E-state index contributed by atoms with van der Waals surface area (Å²) in [4.78, 5) is 12.5. The maximum Gasteiger partial charge on any atom is 0.258 e. The van der Waals surface area contributed by atoms with E-state index in [2.05, 4.69) is 110 Å². The largest absolute Gasteiger partial charge is 0.497 e. The van der Waals surface area contributed by atoms with Crippen LogP contribution in [0.2, 0.25) is 0 Å². The molecule has 0 unspecified atom stereocenters. The highest BCUT2D eigenvalue weighted by molar-refractivity contribution is 5.92. The van der Waals surface area contributed by atoms with Crippen molar-refractivity contribution in [2.75, 3.05) is 41.7 Å². The first-order valence-corrected chi connectivity index (χ1v) is 24.8. The Morgan fingerprint density at radius 1 is 0.565 bits per heavy atom. The average Bonchev–Trinajstić information content (AvgIpc) is 3.60. The minimum Gasteiger partial charge on any atom is -0.497 e. The van der Waals surface area contributed by atoms with E-state index in [9.17, 15) is 4.79 Å². The lowest BCUT2D eigenvalue weighted by Gasteiger charge is -2.35. The summed E-state index contributed by atoms with van der Waals surface area (Å²) in [6.45, 7) is 25.0. The fraction of sp³-hybridized carbons (Fsp3) is 0.603. The molecule has 0 aliphatic carbocycles. The van der Waals surface area contributed by atoms with Crippen molar-refractivity contribution in [1.29, 1.82) is 0 Å². The smallest absolute Gasteiger partial charge is 0.258 e. The van der Waals surface area contributed by atoms with Gasteiger partial charge in [0.05, 0.1) is 46.8 Å². The van der Waals surface area contributed by atoms with Crippen molar-refractivity contribution in [1.82, 2.24) is 0 Å². The zero-order valence-corrected chi connectivity index (χ0v) is 45.1. The fourth-order valence-electron chi connectivity index (χ4n) is 8.34. The van der Waals surface area contributed by atoms with E-state index >= 15 is 0 Å². The zero-order chi connectivity index (χ0) is 51.0. The van der Waals surface area contributed by atoms with Crippen LogP contribution in [-0.4, -0.2) is 88.7 Å². The number of ketones is 1. The summed E-state index contributed by atoms with van der Waals surface area (Å²) in [6, 6.07) is 12.1. The van der Waals surface area contributed by atoms with E-state index in [1.807, 2.05) is 12.1 Å². The van der Waals surface area contributed by atoms with Gasteiger partial charge in [-0.2, -0.15) is 0 Å². The van der Waals surface area contributed by atoms with Gasteiger partial charge in [-0.15, -0.1) is 0 Å². The summed E-state index contributed by atoms with van der Waals surface area (Å²) in [5.41, 5.74) is 9.74. The molecular formula is C58H86O11. The minimum absolute atomic E-state index is 0.0891. The van der Waals surface area contributed by atoms with Gasteiger partial charge in [0.25, 0.3) is 5.79 Å². The first-order chi connectivity index (χ1) is 32.5. The lowest BCUT2D eigenvalue weighted by molar-refractivity contribution is -0.263. The SMILES string of the molecule is CC1(C)O[C@H]2CO[C@@]3(COC(C)(C)O3)C(=O)[C@H]2O1.COc1cc(C/C=C(\C)CC/C=C(\C)CCC=C(C)C)cc(OC)c1.COc1cc(C/C=C(\C)CC/C=C(\C)CC[C@@H]2OC2(C)C)cc(OC)c1. The Morgan fingerprint density at radius 2 is 1.00 bits per heavy atom. The van der Waals surface area contributed by atoms with Crippen molar-refractivity contribution in [2.24, 2.45) is 0 Å². The monoisotopic (exact) mass is 959 g/mol. The van der Waals surface area contributed by atoms with E-state index in [4.69, 9.17) is 47.4 Å². The number of hydrogen-bond acceptors (Lipinski definition) is 11. The Labute approximate surface area is 415 Å². The predicted molar refractivity (Wildman–Crippen MR) is 275 cm³/mol. The van der Waals surface area contributed by atoms with Crippen LogP contribution in [0.5, 0.6) is 23.0 Å². The molecule has 4 saturated heterocycles. The van der Waals surface area contributed by atoms with Gasteiger partial charge in [0.15, 0.2) is 17.7 Å². The van der Waals surface area contributed by atoms with E-state index in [0.29, 0.717) is 6.10 Å². The Balaban J connectivity index is 0.000000229. The molecular weight excluding hydrogens is 873 g/mol. The molecule has 2 aromatic rings. The van der Waals surface area contributed by atoms with Gasteiger partial charge in [0.2, 0.25) is 5.78 Å². The van der Waals surface area contributed by atoms with Crippen molar-refractivity contribution >= 4 is 5.78 Å². The van der Waals surface area contributed by atoms with Crippen LogP contribution in [0.15, 0.2) is 94.6 Å². The molecule has 2 aromatic carbocycles. The van der Waals surface area contributed by atoms with E-state index < -0.39 is 23.5 Å². The Bertz CT molecular complexity index is 2090. The van der Waals surface area contributed by atoms with Crippen LogP contribution in [0.1, 0.15) is 146 Å². The second kappa shape index (κ2) is 26.3. The first-order valence-electron chi connectivity index (χ1n) is 24.8. The molecule has 4 aliphatic rings. The third kappa shape index (κ3) is 19.1. The Kier molecular flexibility index (Phi) is 21.8. The van der Waals surface area contributed by atoms with Gasteiger partial charge in [0, 0.05) is 12.1 Å². The quantitative estimate of drug-likeness (QED) is 0.0934. The molecule has 384 valence electrons. The summed E-state index contributed by atoms with van der Waals surface area (Å²) in [5, 5.41) is 0. The number of carbonyl (C=O) groups is 1. The van der Waals surface area contributed by atoms with Crippen LogP contribution in [0.3, 0.4) is 0 Å².